The van der Waals surface area contributed by atoms with Crippen LogP contribution in [-0.4, -0.2) is 24.8 Å². The maximum atomic E-state index is 5.11. The first kappa shape index (κ1) is 13.3. The number of nitrogens with zero attached hydrogens (tertiary/aromatic N) is 1. The van der Waals surface area contributed by atoms with Crippen LogP contribution in [0.1, 0.15) is 25.8 Å². The SMILES string of the molecule is COCCC(C)(C)CNCc1ccn(C)c1. The van der Waals surface area contributed by atoms with Crippen molar-refractivity contribution >= 4 is 0 Å². The zero-order chi connectivity index (χ0) is 12.0. The van der Waals surface area contributed by atoms with Crippen molar-refractivity contribution in [1.82, 2.24) is 9.88 Å². The van der Waals surface area contributed by atoms with Gasteiger partial charge < -0.3 is 14.6 Å². The minimum Gasteiger partial charge on any atom is -0.385 e. The van der Waals surface area contributed by atoms with Gasteiger partial charge in [-0.15, -0.1) is 0 Å². The molecular formula is C13H24N2O. The van der Waals surface area contributed by atoms with E-state index >= 15 is 0 Å². The fourth-order valence-electron chi connectivity index (χ4n) is 1.68. The Labute approximate surface area is 98.8 Å². The van der Waals surface area contributed by atoms with Crippen LogP contribution in [0.5, 0.6) is 0 Å². The maximum Gasteiger partial charge on any atom is 0.0467 e. The first-order valence-corrected chi connectivity index (χ1v) is 5.84. The highest BCUT2D eigenvalue weighted by atomic mass is 16.5. The van der Waals surface area contributed by atoms with Crippen LogP contribution in [0.15, 0.2) is 18.5 Å². The second kappa shape index (κ2) is 6.06. The molecule has 1 aromatic heterocycles. The van der Waals surface area contributed by atoms with Crippen molar-refractivity contribution in [3.05, 3.63) is 24.0 Å². The lowest BCUT2D eigenvalue weighted by Crippen LogP contribution is -2.30. The zero-order valence-corrected chi connectivity index (χ0v) is 10.9. The van der Waals surface area contributed by atoms with Gasteiger partial charge in [0, 0.05) is 46.2 Å². The highest BCUT2D eigenvalue weighted by Gasteiger charge is 2.16. The third-order valence-corrected chi connectivity index (χ3v) is 2.81. The molecule has 0 spiro atoms. The summed E-state index contributed by atoms with van der Waals surface area (Å²) in [6.45, 7) is 7.33. The van der Waals surface area contributed by atoms with Crippen LogP contribution in [0.4, 0.5) is 0 Å². The minimum atomic E-state index is 0.296. The van der Waals surface area contributed by atoms with Gasteiger partial charge in [-0.05, 0) is 23.5 Å². The molecule has 92 valence electrons. The Morgan fingerprint density at radius 3 is 2.75 bits per heavy atom. The summed E-state index contributed by atoms with van der Waals surface area (Å²) in [7, 11) is 3.81. The molecule has 1 N–H and O–H groups in total. The molecule has 0 bridgehead atoms. The molecule has 1 heterocycles. The molecule has 0 unspecified atom stereocenters. The quantitative estimate of drug-likeness (QED) is 0.768. The summed E-state index contributed by atoms with van der Waals surface area (Å²) in [5.41, 5.74) is 1.63. The smallest absolute Gasteiger partial charge is 0.0467 e. The van der Waals surface area contributed by atoms with E-state index < -0.39 is 0 Å². The molecule has 1 rings (SSSR count). The van der Waals surface area contributed by atoms with Crippen molar-refractivity contribution in [1.29, 1.82) is 0 Å². The van der Waals surface area contributed by atoms with E-state index in [0.717, 1.165) is 26.1 Å². The molecular weight excluding hydrogens is 200 g/mol. The summed E-state index contributed by atoms with van der Waals surface area (Å²) in [5.74, 6) is 0. The number of nitrogens with one attached hydrogen (secondary N) is 1. The molecule has 3 heteroatoms. The number of aryl methyl sites for hydroxylation is 1. The number of ether oxygens (including phenoxy) is 1. The Bertz CT molecular complexity index is 305. The first-order chi connectivity index (χ1) is 7.53. The predicted molar refractivity (Wildman–Crippen MR) is 67.4 cm³/mol. The van der Waals surface area contributed by atoms with Gasteiger partial charge in [0.05, 0.1) is 0 Å². The Morgan fingerprint density at radius 1 is 1.44 bits per heavy atom. The highest BCUT2D eigenvalue weighted by molar-refractivity contribution is 5.09. The molecule has 0 saturated carbocycles. The monoisotopic (exact) mass is 224 g/mol. The minimum absolute atomic E-state index is 0.296. The number of methoxy groups -OCH3 is 1. The van der Waals surface area contributed by atoms with E-state index in [2.05, 4.69) is 42.2 Å². The van der Waals surface area contributed by atoms with Crippen molar-refractivity contribution in [2.24, 2.45) is 12.5 Å². The summed E-state index contributed by atoms with van der Waals surface area (Å²) in [5, 5.41) is 3.50. The van der Waals surface area contributed by atoms with Crippen molar-refractivity contribution < 1.29 is 4.74 Å². The van der Waals surface area contributed by atoms with Gasteiger partial charge in [-0.3, -0.25) is 0 Å². The largest absolute Gasteiger partial charge is 0.385 e. The standard InChI is InChI=1S/C13H24N2O/c1-13(2,6-8-16-4)11-14-9-12-5-7-15(3)10-12/h5,7,10,14H,6,8-9,11H2,1-4H3. The Morgan fingerprint density at radius 2 is 2.19 bits per heavy atom. The third kappa shape index (κ3) is 4.81. The second-order valence-corrected chi connectivity index (χ2v) is 5.20. The molecule has 0 radical (unpaired) electrons. The van der Waals surface area contributed by atoms with Crippen molar-refractivity contribution in [3.63, 3.8) is 0 Å². The average molecular weight is 224 g/mol. The van der Waals surface area contributed by atoms with E-state index in [0.29, 0.717) is 5.41 Å². The summed E-state index contributed by atoms with van der Waals surface area (Å²) < 4.78 is 7.19. The number of aromatic nitrogens is 1. The van der Waals surface area contributed by atoms with Crippen LogP contribution in [-0.2, 0) is 18.3 Å². The van der Waals surface area contributed by atoms with Gasteiger partial charge >= 0.3 is 0 Å². The van der Waals surface area contributed by atoms with Gasteiger partial charge in [0.15, 0.2) is 0 Å². The third-order valence-electron chi connectivity index (χ3n) is 2.81. The van der Waals surface area contributed by atoms with E-state index in [-0.39, 0.29) is 0 Å². The van der Waals surface area contributed by atoms with Crippen LogP contribution in [0.2, 0.25) is 0 Å². The summed E-state index contributed by atoms with van der Waals surface area (Å²) in [6, 6.07) is 2.15. The highest BCUT2D eigenvalue weighted by Crippen LogP contribution is 2.18. The molecule has 3 nitrogen and oxygen atoms in total. The number of hydrogen-bond donors (Lipinski definition) is 1. The van der Waals surface area contributed by atoms with Gasteiger partial charge in [-0.1, -0.05) is 13.8 Å². The van der Waals surface area contributed by atoms with Gasteiger partial charge in [-0.25, -0.2) is 0 Å². The number of hydrogen-bond acceptors (Lipinski definition) is 2. The van der Waals surface area contributed by atoms with Crippen molar-refractivity contribution in [2.75, 3.05) is 20.3 Å². The van der Waals surface area contributed by atoms with E-state index in [9.17, 15) is 0 Å². The van der Waals surface area contributed by atoms with Crippen LogP contribution in [0.3, 0.4) is 0 Å². The lowest BCUT2D eigenvalue weighted by atomic mass is 9.90. The second-order valence-electron chi connectivity index (χ2n) is 5.20. The molecule has 0 aliphatic heterocycles. The molecule has 1 aromatic rings. The summed E-state index contributed by atoms with van der Waals surface area (Å²) in [4.78, 5) is 0. The predicted octanol–water partition coefficient (Wildman–Crippen LogP) is 2.18. The fourth-order valence-corrected chi connectivity index (χ4v) is 1.68. The molecule has 0 fully saturated rings. The van der Waals surface area contributed by atoms with Crippen molar-refractivity contribution in [2.45, 2.75) is 26.8 Å². The van der Waals surface area contributed by atoms with E-state index in [1.807, 2.05) is 7.05 Å². The molecule has 16 heavy (non-hydrogen) atoms. The molecule has 0 aliphatic carbocycles. The molecule has 0 aliphatic rings. The van der Waals surface area contributed by atoms with Crippen LogP contribution < -0.4 is 5.32 Å². The van der Waals surface area contributed by atoms with E-state index in [1.165, 1.54) is 5.56 Å². The van der Waals surface area contributed by atoms with Crippen LogP contribution in [0, 0.1) is 5.41 Å². The lowest BCUT2D eigenvalue weighted by Gasteiger charge is -2.24. The van der Waals surface area contributed by atoms with Crippen LogP contribution >= 0.6 is 0 Å². The van der Waals surface area contributed by atoms with Gasteiger partial charge in [-0.2, -0.15) is 0 Å². The van der Waals surface area contributed by atoms with Gasteiger partial charge in [0.2, 0.25) is 0 Å². The number of rotatable bonds is 7. The zero-order valence-electron chi connectivity index (χ0n) is 10.9. The van der Waals surface area contributed by atoms with E-state index in [4.69, 9.17) is 4.74 Å². The molecule has 0 aromatic carbocycles. The Balaban J connectivity index is 2.24. The first-order valence-electron chi connectivity index (χ1n) is 5.84. The fraction of sp³-hybridized carbons (Fsp3) is 0.692. The molecule has 0 saturated heterocycles. The maximum absolute atomic E-state index is 5.11. The summed E-state index contributed by atoms with van der Waals surface area (Å²) >= 11 is 0. The molecule has 0 amide bonds. The van der Waals surface area contributed by atoms with Crippen molar-refractivity contribution in [3.8, 4) is 0 Å². The van der Waals surface area contributed by atoms with Gasteiger partial charge in [0.1, 0.15) is 0 Å². The summed E-state index contributed by atoms with van der Waals surface area (Å²) in [6.07, 6.45) is 5.31. The Kier molecular flexibility index (Phi) is 5.03. The molecule has 0 atom stereocenters. The average Bonchev–Trinajstić information content (AvgIpc) is 2.61. The van der Waals surface area contributed by atoms with Crippen LogP contribution in [0.25, 0.3) is 0 Å². The van der Waals surface area contributed by atoms with Gasteiger partial charge in [0.25, 0.3) is 0 Å². The normalized spacial score (nSPS) is 12.0. The topological polar surface area (TPSA) is 26.2 Å². The Hall–Kier alpha value is -0.800. The lowest BCUT2D eigenvalue weighted by molar-refractivity contribution is 0.150. The van der Waals surface area contributed by atoms with E-state index in [1.54, 1.807) is 7.11 Å².